The maximum Gasteiger partial charge on any atom is 0.244 e. The first-order chi connectivity index (χ1) is 12.5. The molecule has 1 fully saturated rings. The molecule has 0 heterocycles. The Balaban J connectivity index is 2.03. The van der Waals surface area contributed by atoms with E-state index in [2.05, 4.69) is 5.32 Å². The average molecular weight is 382 g/mol. The number of amides is 1. The maximum atomic E-state index is 12.1. The number of benzene rings is 1. The zero-order valence-electron chi connectivity index (χ0n) is 15.5. The van der Waals surface area contributed by atoms with E-state index in [4.69, 9.17) is 21.1 Å². The number of ether oxygens (including phenoxy) is 2. The second-order valence-electron chi connectivity index (χ2n) is 6.46. The van der Waals surface area contributed by atoms with E-state index in [0.29, 0.717) is 29.7 Å². The predicted octanol–water partition coefficient (Wildman–Crippen LogP) is 3.96. The first kappa shape index (κ1) is 20.6. The van der Waals surface area contributed by atoms with Gasteiger partial charge in [0.05, 0.1) is 24.3 Å². The van der Waals surface area contributed by atoms with Gasteiger partial charge in [-0.3, -0.25) is 4.79 Å². The van der Waals surface area contributed by atoms with Gasteiger partial charge in [0.15, 0.2) is 11.5 Å². The molecule has 1 amide bonds. The Morgan fingerprint density at radius 2 is 2.00 bits per heavy atom. The lowest BCUT2D eigenvalue weighted by atomic mass is 9.93. The zero-order valence-corrected chi connectivity index (χ0v) is 16.2. The molecule has 1 saturated carbocycles. The van der Waals surface area contributed by atoms with Crippen LogP contribution in [0.1, 0.15) is 51.5 Å². The van der Waals surface area contributed by atoms with Crippen LogP contribution >= 0.6 is 11.6 Å². The van der Waals surface area contributed by atoms with Crippen molar-refractivity contribution in [1.82, 2.24) is 5.32 Å². The van der Waals surface area contributed by atoms with Gasteiger partial charge in [-0.1, -0.05) is 18.5 Å². The number of halogens is 1. The van der Waals surface area contributed by atoms with Crippen molar-refractivity contribution < 1.29 is 19.4 Å². The number of aliphatic hydroxyl groups is 1. The van der Waals surface area contributed by atoms with Gasteiger partial charge in [0.25, 0.3) is 0 Å². The van der Waals surface area contributed by atoms with E-state index in [0.717, 1.165) is 37.7 Å². The molecule has 2 rings (SSSR count). The molecule has 2 N–H and O–H groups in total. The molecular weight excluding hydrogens is 354 g/mol. The molecule has 0 spiro atoms. The normalized spacial score (nSPS) is 20.2. The van der Waals surface area contributed by atoms with Gasteiger partial charge in [0.2, 0.25) is 5.91 Å². The SMILES string of the molecule is CCCOc1c(Cl)cc(C=CC(=O)NC2CCC(O)CC2)cc1OCC. The summed E-state index contributed by atoms with van der Waals surface area (Å²) in [6.07, 6.45) is 6.95. The second kappa shape index (κ2) is 10.4. The van der Waals surface area contributed by atoms with Crippen LogP contribution in [0.5, 0.6) is 11.5 Å². The number of hydrogen-bond donors (Lipinski definition) is 2. The van der Waals surface area contributed by atoms with Crippen LogP contribution in [0, 0.1) is 0 Å². The van der Waals surface area contributed by atoms with Crippen molar-refractivity contribution in [2.75, 3.05) is 13.2 Å². The van der Waals surface area contributed by atoms with Crippen molar-refractivity contribution in [2.24, 2.45) is 0 Å². The van der Waals surface area contributed by atoms with Crippen LogP contribution in [0.3, 0.4) is 0 Å². The summed E-state index contributed by atoms with van der Waals surface area (Å²) in [5, 5.41) is 13.0. The molecule has 1 aromatic carbocycles. The predicted molar refractivity (Wildman–Crippen MR) is 104 cm³/mol. The molecule has 144 valence electrons. The Morgan fingerprint density at radius 3 is 2.65 bits per heavy atom. The third-order valence-corrected chi connectivity index (χ3v) is 4.53. The highest BCUT2D eigenvalue weighted by Crippen LogP contribution is 2.37. The minimum absolute atomic E-state index is 0.128. The standard InChI is InChI=1S/C20H28ClNO4/c1-3-11-26-20-17(21)12-14(13-18(20)25-4-2)5-10-19(24)22-15-6-8-16(23)9-7-15/h5,10,12-13,15-16,23H,3-4,6-9,11H2,1-2H3,(H,22,24). The van der Waals surface area contributed by atoms with Gasteiger partial charge in [-0.2, -0.15) is 0 Å². The molecule has 0 radical (unpaired) electrons. The molecule has 0 bridgehead atoms. The fraction of sp³-hybridized carbons (Fsp3) is 0.550. The topological polar surface area (TPSA) is 67.8 Å². The molecule has 6 heteroatoms. The van der Waals surface area contributed by atoms with Crippen LogP contribution in [-0.2, 0) is 4.79 Å². The molecule has 1 aliphatic rings. The summed E-state index contributed by atoms with van der Waals surface area (Å²) < 4.78 is 11.3. The third-order valence-electron chi connectivity index (χ3n) is 4.25. The fourth-order valence-electron chi connectivity index (χ4n) is 2.93. The summed E-state index contributed by atoms with van der Waals surface area (Å²) in [5.41, 5.74) is 0.775. The van der Waals surface area contributed by atoms with E-state index in [-0.39, 0.29) is 18.1 Å². The van der Waals surface area contributed by atoms with Gasteiger partial charge in [0, 0.05) is 12.1 Å². The number of nitrogens with one attached hydrogen (secondary N) is 1. The van der Waals surface area contributed by atoms with Gasteiger partial charge in [0.1, 0.15) is 0 Å². The molecule has 5 nitrogen and oxygen atoms in total. The highest BCUT2D eigenvalue weighted by Gasteiger charge is 2.20. The number of carbonyl (C=O) groups is 1. The second-order valence-corrected chi connectivity index (χ2v) is 6.87. The zero-order chi connectivity index (χ0) is 18.9. The third kappa shape index (κ3) is 6.22. The Labute approximate surface area is 160 Å². The lowest BCUT2D eigenvalue weighted by molar-refractivity contribution is -0.117. The van der Waals surface area contributed by atoms with Crippen molar-refractivity contribution in [3.8, 4) is 11.5 Å². The van der Waals surface area contributed by atoms with E-state index in [1.165, 1.54) is 6.08 Å². The van der Waals surface area contributed by atoms with Crippen LogP contribution in [0.25, 0.3) is 6.08 Å². The number of hydrogen-bond acceptors (Lipinski definition) is 4. The summed E-state index contributed by atoms with van der Waals surface area (Å²) in [5.74, 6) is 0.972. The van der Waals surface area contributed by atoms with Crippen molar-refractivity contribution >= 4 is 23.6 Å². The summed E-state index contributed by atoms with van der Waals surface area (Å²) in [6, 6.07) is 3.71. The smallest absolute Gasteiger partial charge is 0.244 e. The number of aliphatic hydroxyl groups excluding tert-OH is 1. The minimum atomic E-state index is -0.230. The van der Waals surface area contributed by atoms with Crippen molar-refractivity contribution in [3.63, 3.8) is 0 Å². The van der Waals surface area contributed by atoms with Crippen molar-refractivity contribution in [1.29, 1.82) is 0 Å². The lowest BCUT2D eigenvalue weighted by Crippen LogP contribution is -2.37. The van der Waals surface area contributed by atoms with E-state index >= 15 is 0 Å². The fourth-order valence-corrected chi connectivity index (χ4v) is 3.21. The Hall–Kier alpha value is -1.72. The molecular formula is C20H28ClNO4. The van der Waals surface area contributed by atoms with Gasteiger partial charge in [-0.05, 0) is 62.8 Å². The van der Waals surface area contributed by atoms with Gasteiger partial charge in [-0.15, -0.1) is 0 Å². The van der Waals surface area contributed by atoms with Crippen molar-refractivity contribution in [2.45, 2.75) is 58.1 Å². The molecule has 0 saturated heterocycles. The minimum Gasteiger partial charge on any atom is -0.490 e. The summed E-state index contributed by atoms with van der Waals surface area (Å²) in [7, 11) is 0. The van der Waals surface area contributed by atoms with Crippen molar-refractivity contribution in [3.05, 3.63) is 28.8 Å². The molecule has 0 unspecified atom stereocenters. The van der Waals surface area contributed by atoms with Crippen LogP contribution in [0.4, 0.5) is 0 Å². The molecule has 1 aromatic rings. The molecule has 0 aliphatic heterocycles. The van der Waals surface area contributed by atoms with Crippen LogP contribution < -0.4 is 14.8 Å². The Bertz CT molecular complexity index is 624. The highest BCUT2D eigenvalue weighted by molar-refractivity contribution is 6.32. The quantitative estimate of drug-likeness (QED) is 0.669. The number of rotatable bonds is 8. The van der Waals surface area contributed by atoms with Gasteiger partial charge >= 0.3 is 0 Å². The average Bonchev–Trinajstić information content (AvgIpc) is 2.61. The van der Waals surface area contributed by atoms with E-state index in [9.17, 15) is 9.90 Å². The maximum absolute atomic E-state index is 12.1. The molecule has 26 heavy (non-hydrogen) atoms. The molecule has 0 atom stereocenters. The summed E-state index contributed by atoms with van der Waals surface area (Å²) in [4.78, 5) is 12.1. The number of carbonyl (C=O) groups excluding carboxylic acids is 1. The van der Waals surface area contributed by atoms with Gasteiger partial charge in [-0.25, -0.2) is 0 Å². The van der Waals surface area contributed by atoms with Crippen LogP contribution in [0.15, 0.2) is 18.2 Å². The monoisotopic (exact) mass is 381 g/mol. The first-order valence-corrected chi connectivity index (χ1v) is 9.67. The van der Waals surface area contributed by atoms with E-state index < -0.39 is 0 Å². The van der Waals surface area contributed by atoms with E-state index in [1.54, 1.807) is 12.1 Å². The summed E-state index contributed by atoms with van der Waals surface area (Å²) in [6.45, 7) is 4.99. The molecule has 1 aliphatic carbocycles. The first-order valence-electron chi connectivity index (χ1n) is 9.29. The Kier molecular flexibility index (Phi) is 8.26. The van der Waals surface area contributed by atoms with Crippen LogP contribution in [0.2, 0.25) is 5.02 Å². The van der Waals surface area contributed by atoms with Crippen LogP contribution in [-0.4, -0.2) is 36.4 Å². The summed E-state index contributed by atoms with van der Waals surface area (Å²) >= 11 is 6.33. The van der Waals surface area contributed by atoms with Gasteiger partial charge < -0.3 is 19.9 Å². The lowest BCUT2D eigenvalue weighted by Gasteiger charge is -2.25. The largest absolute Gasteiger partial charge is 0.490 e. The Morgan fingerprint density at radius 1 is 1.27 bits per heavy atom. The highest BCUT2D eigenvalue weighted by atomic mass is 35.5. The molecule has 0 aromatic heterocycles. The van der Waals surface area contributed by atoms with E-state index in [1.807, 2.05) is 19.9 Å².